The molecule has 0 aliphatic rings. The van der Waals surface area contributed by atoms with Crippen LogP contribution in [0.4, 0.5) is 0 Å². The van der Waals surface area contributed by atoms with Gasteiger partial charge in [-0.25, -0.2) is 4.98 Å². The Balaban J connectivity index is 2.21. The Labute approximate surface area is 102 Å². The van der Waals surface area contributed by atoms with Gasteiger partial charge < -0.3 is 0 Å². The van der Waals surface area contributed by atoms with Crippen molar-refractivity contribution in [2.24, 2.45) is 0 Å². The summed E-state index contributed by atoms with van der Waals surface area (Å²) in [5, 5.41) is 3.64. The average molecular weight is 240 g/mol. The van der Waals surface area contributed by atoms with E-state index in [1.165, 1.54) is 11.3 Å². The molecule has 0 atom stereocenters. The van der Waals surface area contributed by atoms with Gasteiger partial charge in [0.2, 0.25) is 5.78 Å². The normalized spacial score (nSPS) is 10.6. The van der Waals surface area contributed by atoms with E-state index < -0.39 is 0 Å². The third kappa shape index (κ3) is 1.72. The highest BCUT2D eigenvalue weighted by atomic mass is 32.1. The van der Waals surface area contributed by atoms with E-state index in [1.807, 2.05) is 24.3 Å². The zero-order chi connectivity index (χ0) is 11.7. The topological polar surface area (TPSA) is 42.9 Å². The number of pyridine rings is 1. The van der Waals surface area contributed by atoms with Gasteiger partial charge in [-0.2, -0.15) is 0 Å². The van der Waals surface area contributed by atoms with E-state index in [0.29, 0.717) is 11.3 Å². The molecular weight excluding hydrogens is 232 g/mol. The standard InChI is InChI=1S/C13H8N2OS/c16-13(12-7-17-8-15-12)11-6-14-5-9-3-1-2-4-10(9)11/h1-8H. The monoisotopic (exact) mass is 240 g/mol. The molecule has 17 heavy (non-hydrogen) atoms. The smallest absolute Gasteiger partial charge is 0.214 e. The van der Waals surface area contributed by atoms with Crippen molar-refractivity contribution in [2.75, 3.05) is 0 Å². The van der Waals surface area contributed by atoms with Crippen molar-refractivity contribution >= 4 is 27.9 Å². The summed E-state index contributed by atoms with van der Waals surface area (Å²) in [6.07, 6.45) is 3.36. The Morgan fingerprint density at radius 1 is 1.18 bits per heavy atom. The fourth-order valence-corrected chi connectivity index (χ4v) is 2.29. The van der Waals surface area contributed by atoms with E-state index in [9.17, 15) is 4.79 Å². The van der Waals surface area contributed by atoms with Gasteiger partial charge in [0.05, 0.1) is 11.1 Å². The van der Waals surface area contributed by atoms with Gasteiger partial charge in [-0.1, -0.05) is 24.3 Å². The lowest BCUT2D eigenvalue weighted by molar-refractivity contribution is 0.103. The first-order valence-electron chi connectivity index (χ1n) is 5.12. The first-order valence-corrected chi connectivity index (χ1v) is 6.06. The Morgan fingerprint density at radius 2 is 2.06 bits per heavy atom. The molecule has 0 saturated heterocycles. The molecule has 0 bridgehead atoms. The van der Waals surface area contributed by atoms with Crippen molar-refractivity contribution in [3.63, 3.8) is 0 Å². The summed E-state index contributed by atoms with van der Waals surface area (Å²) in [6.45, 7) is 0. The molecule has 0 spiro atoms. The molecule has 3 nitrogen and oxygen atoms in total. The number of hydrogen-bond acceptors (Lipinski definition) is 4. The molecule has 0 saturated carbocycles. The highest BCUT2D eigenvalue weighted by Crippen LogP contribution is 2.19. The number of hydrogen-bond donors (Lipinski definition) is 0. The molecule has 0 unspecified atom stereocenters. The van der Waals surface area contributed by atoms with Crippen LogP contribution in [0, 0.1) is 0 Å². The molecule has 0 fully saturated rings. The number of carbonyl (C=O) groups is 1. The second-order valence-corrected chi connectivity index (χ2v) is 4.33. The minimum Gasteiger partial charge on any atom is -0.287 e. The van der Waals surface area contributed by atoms with Gasteiger partial charge >= 0.3 is 0 Å². The van der Waals surface area contributed by atoms with E-state index in [2.05, 4.69) is 9.97 Å². The lowest BCUT2D eigenvalue weighted by Gasteiger charge is -2.02. The van der Waals surface area contributed by atoms with Crippen LogP contribution >= 0.6 is 11.3 Å². The first-order chi connectivity index (χ1) is 8.36. The van der Waals surface area contributed by atoms with Gasteiger partial charge in [-0.15, -0.1) is 11.3 Å². The van der Waals surface area contributed by atoms with Crippen LogP contribution in [0.15, 0.2) is 47.5 Å². The summed E-state index contributed by atoms with van der Waals surface area (Å²) >= 11 is 1.42. The van der Waals surface area contributed by atoms with Crippen molar-refractivity contribution in [1.82, 2.24) is 9.97 Å². The zero-order valence-corrected chi connectivity index (χ0v) is 9.65. The predicted molar refractivity (Wildman–Crippen MR) is 67.3 cm³/mol. The van der Waals surface area contributed by atoms with Crippen molar-refractivity contribution in [3.8, 4) is 0 Å². The molecule has 3 aromatic rings. The number of fused-ring (bicyclic) bond motifs is 1. The molecule has 0 aliphatic heterocycles. The maximum absolute atomic E-state index is 12.2. The maximum Gasteiger partial charge on any atom is 0.214 e. The molecule has 0 aliphatic carbocycles. The van der Waals surface area contributed by atoms with E-state index in [1.54, 1.807) is 23.3 Å². The van der Waals surface area contributed by atoms with Crippen molar-refractivity contribution in [3.05, 3.63) is 58.8 Å². The fraction of sp³-hybridized carbons (Fsp3) is 0. The minimum atomic E-state index is -0.0736. The van der Waals surface area contributed by atoms with Gasteiger partial charge in [0.1, 0.15) is 5.69 Å². The van der Waals surface area contributed by atoms with Crippen molar-refractivity contribution in [1.29, 1.82) is 0 Å². The minimum absolute atomic E-state index is 0.0736. The molecular formula is C13H8N2OS. The van der Waals surface area contributed by atoms with Gasteiger partial charge in [0, 0.05) is 23.2 Å². The Hall–Kier alpha value is -2.07. The maximum atomic E-state index is 12.2. The number of nitrogens with zero attached hydrogens (tertiary/aromatic N) is 2. The quantitative estimate of drug-likeness (QED) is 0.647. The van der Waals surface area contributed by atoms with E-state index in [4.69, 9.17) is 0 Å². The number of rotatable bonds is 2. The molecule has 82 valence electrons. The van der Waals surface area contributed by atoms with E-state index >= 15 is 0 Å². The lowest BCUT2D eigenvalue weighted by Crippen LogP contribution is -2.03. The highest BCUT2D eigenvalue weighted by Gasteiger charge is 2.14. The van der Waals surface area contributed by atoms with E-state index in [-0.39, 0.29) is 5.78 Å². The Kier molecular flexibility index (Phi) is 2.42. The summed E-state index contributed by atoms with van der Waals surface area (Å²) in [6, 6.07) is 7.72. The summed E-state index contributed by atoms with van der Waals surface area (Å²) in [4.78, 5) is 20.4. The molecule has 1 aromatic carbocycles. The average Bonchev–Trinajstić information content (AvgIpc) is 2.91. The number of aromatic nitrogens is 2. The summed E-state index contributed by atoms with van der Waals surface area (Å²) in [5.74, 6) is -0.0736. The number of ketones is 1. The zero-order valence-electron chi connectivity index (χ0n) is 8.83. The van der Waals surface area contributed by atoms with Crippen LogP contribution in [-0.2, 0) is 0 Å². The molecule has 0 amide bonds. The summed E-state index contributed by atoms with van der Waals surface area (Å²) < 4.78 is 0. The first kappa shape index (κ1) is 10.1. The molecule has 2 heterocycles. The van der Waals surface area contributed by atoms with Crippen LogP contribution in [0.2, 0.25) is 0 Å². The SMILES string of the molecule is O=C(c1cscn1)c1cncc2ccccc12. The van der Waals surface area contributed by atoms with Crippen LogP contribution in [0.1, 0.15) is 16.1 Å². The molecule has 0 radical (unpaired) electrons. The van der Waals surface area contributed by atoms with Gasteiger partial charge in [0.15, 0.2) is 0 Å². The van der Waals surface area contributed by atoms with Crippen LogP contribution in [0.25, 0.3) is 10.8 Å². The second kappa shape index (κ2) is 4.07. The Bertz CT molecular complexity index is 671. The van der Waals surface area contributed by atoms with Gasteiger partial charge in [-0.05, 0) is 5.39 Å². The Morgan fingerprint density at radius 3 is 2.88 bits per heavy atom. The third-order valence-corrected chi connectivity index (χ3v) is 3.16. The van der Waals surface area contributed by atoms with Gasteiger partial charge in [0.25, 0.3) is 0 Å². The predicted octanol–water partition coefficient (Wildman–Crippen LogP) is 2.92. The molecule has 2 aromatic heterocycles. The lowest BCUT2D eigenvalue weighted by atomic mass is 10.0. The van der Waals surface area contributed by atoms with Crippen LogP contribution in [0.5, 0.6) is 0 Å². The fourth-order valence-electron chi connectivity index (χ4n) is 1.76. The molecule has 4 heteroatoms. The summed E-state index contributed by atoms with van der Waals surface area (Å²) in [5.41, 5.74) is 2.74. The summed E-state index contributed by atoms with van der Waals surface area (Å²) in [7, 11) is 0. The van der Waals surface area contributed by atoms with Crippen molar-refractivity contribution < 1.29 is 4.79 Å². The molecule has 0 N–H and O–H groups in total. The third-order valence-electron chi connectivity index (χ3n) is 2.58. The van der Waals surface area contributed by atoms with Crippen LogP contribution < -0.4 is 0 Å². The van der Waals surface area contributed by atoms with Crippen LogP contribution in [-0.4, -0.2) is 15.8 Å². The largest absolute Gasteiger partial charge is 0.287 e. The highest BCUT2D eigenvalue weighted by molar-refractivity contribution is 7.07. The van der Waals surface area contributed by atoms with E-state index in [0.717, 1.165) is 10.8 Å². The van der Waals surface area contributed by atoms with Gasteiger partial charge in [-0.3, -0.25) is 9.78 Å². The van der Waals surface area contributed by atoms with Crippen molar-refractivity contribution in [2.45, 2.75) is 0 Å². The number of carbonyl (C=O) groups excluding carboxylic acids is 1. The molecule has 3 rings (SSSR count). The number of thiazole rings is 1. The number of benzene rings is 1. The second-order valence-electron chi connectivity index (χ2n) is 3.61. The van der Waals surface area contributed by atoms with Crippen LogP contribution in [0.3, 0.4) is 0 Å².